The maximum absolute atomic E-state index is 12.0. The van der Waals surface area contributed by atoms with Gasteiger partial charge in [-0.25, -0.2) is 0 Å². The number of carboxylic acid groups (broad SMARTS) is 1. The van der Waals surface area contributed by atoms with Gasteiger partial charge in [0, 0.05) is 19.0 Å². The fraction of sp³-hybridized carbons (Fsp3) is 0.846. The molecule has 5 heteroatoms. The summed E-state index contributed by atoms with van der Waals surface area (Å²) in [7, 11) is 0. The summed E-state index contributed by atoms with van der Waals surface area (Å²) in [6.07, 6.45) is 3.18. The Kier molecular flexibility index (Phi) is 6.12. The fourth-order valence-corrected chi connectivity index (χ4v) is 1.88. The second kappa shape index (κ2) is 7.36. The molecule has 1 saturated carbocycles. The van der Waals surface area contributed by atoms with Crippen LogP contribution in [0.4, 0.5) is 0 Å². The lowest BCUT2D eigenvalue weighted by atomic mass is 10.2. The Labute approximate surface area is 109 Å². The molecule has 0 saturated heterocycles. The van der Waals surface area contributed by atoms with E-state index in [9.17, 15) is 9.59 Å². The van der Waals surface area contributed by atoms with Crippen molar-refractivity contribution in [2.45, 2.75) is 45.6 Å². The van der Waals surface area contributed by atoms with Crippen molar-refractivity contribution in [1.82, 2.24) is 10.2 Å². The van der Waals surface area contributed by atoms with E-state index in [2.05, 4.69) is 5.32 Å². The molecule has 2 N–H and O–H groups in total. The zero-order valence-corrected chi connectivity index (χ0v) is 11.3. The SMILES string of the molecule is CC(C)N(CCCC(=O)O)C(=O)CNCC1CC1. The average molecular weight is 256 g/mol. The van der Waals surface area contributed by atoms with E-state index in [0.717, 1.165) is 12.5 Å². The van der Waals surface area contributed by atoms with Crippen LogP contribution in [0, 0.1) is 5.92 Å². The van der Waals surface area contributed by atoms with E-state index in [0.29, 0.717) is 19.5 Å². The number of carboxylic acids is 1. The van der Waals surface area contributed by atoms with Gasteiger partial charge in [0.1, 0.15) is 0 Å². The fourth-order valence-electron chi connectivity index (χ4n) is 1.88. The Morgan fingerprint density at radius 1 is 1.39 bits per heavy atom. The number of carbonyl (C=O) groups is 2. The van der Waals surface area contributed by atoms with Gasteiger partial charge in [-0.1, -0.05) is 0 Å². The highest BCUT2D eigenvalue weighted by Crippen LogP contribution is 2.27. The minimum Gasteiger partial charge on any atom is -0.481 e. The van der Waals surface area contributed by atoms with E-state index in [1.165, 1.54) is 12.8 Å². The quantitative estimate of drug-likeness (QED) is 0.648. The highest BCUT2D eigenvalue weighted by molar-refractivity contribution is 5.78. The first-order valence-electron chi connectivity index (χ1n) is 6.72. The van der Waals surface area contributed by atoms with E-state index in [-0.39, 0.29) is 18.4 Å². The van der Waals surface area contributed by atoms with Gasteiger partial charge < -0.3 is 15.3 Å². The predicted molar refractivity (Wildman–Crippen MR) is 69.3 cm³/mol. The van der Waals surface area contributed by atoms with Crippen LogP contribution in [-0.2, 0) is 9.59 Å². The van der Waals surface area contributed by atoms with Gasteiger partial charge in [-0.3, -0.25) is 9.59 Å². The normalized spacial score (nSPS) is 14.8. The lowest BCUT2D eigenvalue weighted by Gasteiger charge is -2.26. The highest BCUT2D eigenvalue weighted by Gasteiger charge is 2.22. The van der Waals surface area contributed by atoms with Crippen LogP contribution in [0.5, 0.6) is 0 Å². The molecule has 5 nitrogen and oxygen atoms in total. The minimum atomic E-state index is -0.807. The number of aliphatic carboxylic acids is 1. The van der Waals surface area contributed by atoms with E-state index >= 15 is 0 Å². The number of nitrogens with zero attached hydrogens (tertiary/aromatic N) is 1. The zero-order valence-electron chi connectivity index (χ0n) is 11.3. The molecule has 1 amide bonds. The van der Waals surface area contributed by atoms with Gasteiger partial charge in [0.2, 0.25) is 5.91 Å². The van der Waals surface area contributed by atoms with E-state index in [1.807, 2.05) is 13.8 Å². The standard InChI is InChI=1S/C13H24N2O3/c1-10(2)15(7-3-4-13(17)18)12(16)9-14-8-11-5-6-11/h10-11,14H,3-9H2,1-2H3,(H,17,18). The summed E-state index contributed by atoms with van der Waals surface area (Å²) < 4.78 is 0. The molecule has 1 rings (SSSR count). The highest BCUT2D eigenvalue weighted by atomic mass is 16.4. The number of hydrogen-bond donors (Lipinski definition) is 2. The maximum atomic E-state index is 12.0. The van der Waals surface area contributed by atoms with Crippen molar-refractivity contribution in [2.75, 3.05) is 19.6 Å². The molecule has 0 bridgehead atoms. The maximum Gasteiger partial charge on any atom is 0.303 e. The van der Waals surface area contributed by atoms with E-state index < -0.39 is 5.97 Å². The smallest absolute Gasteiger partial charge is 0.303 e. The monoisotopic (exact) mass is 256 g/mol. The second-order valence-corrected chi connectivity index (χ2v) is 5.25. The largest absolute Gasteiger partial charge is 0.481 e. The van der Waals surface area contributed by atoms with Crippen LogP contribution >= 0.6 is 0 Å². The topological polar surface area (TPSA) is 69.6 Å². The van der Waals surface area contributed by atoms with Gasteiger partial charge in [-0.05, 0) is 45.6 Å². The third kappa shape index (κ3) is 6.00. The number of carbonyl (C=O) groups excluding carboxylic acids is 1. The molecule has 0 aliphatic heterocycles. The molecule has 0 aromatic carbocycles. The first kappa shape index (κ1) is 15.0. The molecule has 104 valence electrons. The third-order valence-electron chi connectivity index (χ3n) is 3.14. The first-order valence-corrected chi connectivity index (χ1v) is 6.72. The summed E-state index contributed by atoms with van der Waals surface area (Å²) in [5, 5.41) is 11.8. The van der Waals surface area contributed by atoms with Crippen LogP contribution in [0.1, 0.15) is 39.5 Å². The lowest BCUT2D eigenvalue weighted by molar-refractivity contribution is -0.138. The molecule has 0 aromatic heterocycles. The Hall–Kier alpha value is -1.10. The average Bonchev–Trinajstić information content (AvgIpc) is 3.07. The second-order valence-electron chi connectivity index (χ2n) is 5.25. The van der Waals surface area contributed by atoms with Gasteiger partial charge in [0.15, 0.2) is 0 Å². The zero-order chi connectivity index (χ0) is 13.5. The van der Waals surface area contributed by atoms with Crippen molar-refractivity contribution in [2.24, 2.45) is 5.92 Å². The van der Waals surface area contributed by atoms with Crippen molar-refractivity contribution in [3.8, 4) is 0 Å². The summed E-state index contributed by atoms with van der Waals surface area (Å²) in [6.45, 7) is 5.72. The van der Waals surface area contributed by atoms with Gasteiger partial charge in [0.25, 0.3) is 0 Å². The Morgan fingerprint density at radius 3 is 2.56 bits per heavy atom. The van der Waals surface area contributed by atoms with Crippen molar-refractivity contribution in [3.63, 3.8) is 0 Å². The molecule has 1 fully saturated rings. The van der Waals surface area contributed by atoms with Gasteiger partial charge in [-0.2, -0.15) is 0 Å². The van der Waals surface area contributed by atoms with Gasteiger partial charge in [0.05, 0.1) is 6.54 Å². The molecular weight excluding hydrogens is 232 g/mol. The molecule has 0 heterocycles. The summed E-state index contributed by atoms with van der Waals surface area (Å²) in [6, 6.07) is 0.119. The van der Waals surface area contributed by atoms with Crippen molar-refractivity contribution >= 4 is 11.9 Å². The molecule has 1 aliphatic carbocycles. The van der Waals surface area contributed by atoms with Crippen molar-refractivity contribution < 1.29 is 14.7 Å². The van der Waals surface area contributed by atoms with Crippen LogP contribution in [0.3, 0.4) is 0 Å². The van der Waals surface area contributed by atoms with Crippen LogP contribution in [-0.4, -0.2) is 47.6 Å². The third-order valence-corrected chi connectivity index (χ3v) is 3.14. The molecule has 0 unspecified atom stereocenters. The summed E-state index contributed by atoms with van der Waals surface area (Å²) in [5.41, 5.74) is 0. The Balaban J connectivity index is 2.24. The van der Waals surface area contributed by atoms with Crippen LogP contribution in [0.25, 0.3) is 0 Å². The number of nitrogens with one attached hydrogen (secondary N) is 1. The lowest BCUT2D eigenvalue weighted by Crippen LogP contribution is -2.43. The van der Waals surface area contributed by atoms with Gasteiger partial charge in [-0.15, -0.1) is 0 Å². The molecule has 1 aliphatic rings. The molecule has 0 atom stereocenters. The Morgan fingerprint density at radius 2 is 2.06 bits per heavy atom. The van der Waals surface area contributed by atoms with E-state index in [4.69, 9.17) is 5.11 Å². The number of hydrogen-bond acceptors (Lipinski definition) is 3. The van der Waals surface area contributed by atoms with Crippen LogP contribution < -0.4 is 5.32 Å². The van der Waals surface area contributed by atoms with Gasteiger partial charge >= 0.3 is 5.97 Å². The molecule has 0 radical (unpaired) electrons. The number of amides is 1. The minimum absolute atomic E-state index is 0.0658. The number of rotatable bonds is 9. The summed E-state index contributed by atoms with van der Waals surface area (Å²) in [5.74, 6) is 0.0198. The molecule has 0 spiro atoms. The summed E-state index contributed by atoms with van der Waals surface area (Å²) >= 11 is 0. The van der Waals surface area contributed by atoms with E-state index in [1.54, 1.807) is 4.90 Å². The molecule has 18 heavy (non-hydrogen) atoms. The van der Waals surface area contributed by atoms with Crippen LogP contribution in [0.2, 0.25) is 0 Å². The summed E-state index contributed by atoms with van der Waals surface area (Å²) in [4.78, 5) is 24.2. The van der Waals surface area contributed by atoms with Crippen molar-refractivity contribution in [1.29, 1.82) is 0 Å². The van der Waals surface area contributed by atoms with Crippen LogP contribution in [0.15, 0.2) is 0 Å². The first-order chi connectivity index (χ1) is 8.50. The Bertz CT molecular complexity index is 288. The van der Waals surface area contributed by atoms with Crippen molar-refractivity contribution in [3.05, 3.63) is 0 Å². The predicted octanol–water partition coefficient (Wildman–Crippen LogP) is 1.09. The molecule has 0 aromatic rings. The molecular formula is C13H24N2O3.